The van der Waals surface area contributed by atoms with E-state index in [1.165, 1.54) is 0 Å². The van der Waals surface area contributed by atoms with Crippen molar-refractivity contribution in [2.45, 2.75) is 13.8 Å². The Bertz CT molecular complexity index is 2170. The lowest BCUT2D eigenvalue weighted by atomic mass is 9.88. The third kappa shape index (κ3) is 5.03. The molecule has 0 aliphatic heterocycles. The number of hydrogen-bond acceptors (Lipinski definition) is 4. The summed E-state index contributed by atoms with van der Waals surface area (Å²) in [6.07, 6.45) is 0. The Morgan fingerprint density at radius 2 is 0.688 bits per heavy atom. The normalized spacial score (nSPS) is 10.7. The molecule has 0 fully saturated rings. The van der Waals surface area contributed by atoms with Gasteiger partial charge in [-0.3, -0.25) is 0 Å². The lowest BCUT2D eigenvalue weighted by molar-refractivity contribution is 1.28. The lowest BCUT2D eigenvalue weighted by Crippen LogP contribution is -2.13. The van der Waals surface area contributed by atoms with E-state index in [1.54, 1.807) is 0 Å². The molecule has 0 unspecified atom stereocenters. The van der Waals surface area contributed by atoms with Gasteiger partial charge in [-0.2, -0.15) is 10.5 Å². The van der Waals surface area contributed by atoms with Gasteiger partial charge >= 0.3 is 0 Å². The van der Waals surface area contributed by atoms with Crippen molar-refractivity contribution >= 4 is 66.4 Å². The quantitative estimate of drug-likeness (QED) is 0.174. The van der Waals surface area contributed by atoms with Crippen LogP contribution in [0.4, 0.5) is 34.1 Å². The third-order valence-corrected chi connectivity index (χ3v) is 8.59. The molecule has 0 radical (unpaired) electrons. The largest absolute Gasteiger partial charge is 0.309 e. The SMILES string of the molecule is CC.N#Cc1cc2ccc3c(N(c4ccccc4)c4ccccc4)c(C#N)cc4ccc(c1N(c1ccccc1)c1ccccc1)c2c43. The van der Waals surface area contributed by atoms with E-state index in [0.29, 0.717) is 11.1 Å². The van der Waals surface area contributed by atoms with Gasteiger partial charge in [0.15, 0.2) is 0 Å². The maximum Gasteiger partial charge on any atom is 0.101 e. The minimum atomic E-state index is 0.590. The van der Waals surface area contributed by atoms with Crippen LogP contribution in [0.15, 0.2) is 158 Å². The van der Waals surface area contributed by atoms with Crippen molar-refractivity contribution in [3.8, 4) is 12.1 Å². The van der Waals surface area contributed by atoms with Gasteiger partial charge < -0.3 is 9.80 Å². The Morgan fingerprint density at radius 1 is 0.396 bits per heavy atom. The number of hydrogen-bond donors (Lipinski definition) is 0. The summed E-state index contributed by atoms with van der Waals surface area (Å²) in [5.74, 6) is 0. The minimum Gasteiger partial charge on any atom is -0.309 e. The molecule has 0 bridgehead atoms. The Hall–Kier alpha value is -6.62. The average molecular weight is 617 g/mol. The highest BCUT2D eigenvalue weighted by Gasteiger charge is 2.25. The molecule has 8 aromatic carbocycles. The predicted molar refractivity (Wildman–Crippen MR) is 200 cm³/mol. The molecule has 4 heteroatoms. The number of nitriles is 2. The molecule has 0 heterocycles. The molecule has 228 valence electrons. The van der Waals surface area contributed by atoms with Crippen LogP contribution in [0.25, 0.3) is 32.3 Å². The number of para-hydroxylation sites is 4. The first-order valence-corrected chi connectivity index (χ1v) is 16.2. The second-order valence-corrected chi connectivity index (χ2v) is 11.2. The van der Waals surface area contributed by atoms with E-state index in [1.807, 2.05) is 98.8 Å². The highest BCUT2D eigenvalue weighted by atomic mass is 15.2. The summed E-state index contributed by atoms with van der Waals surface area (Å²) in [7, 11) is 0. The second-order valence-electron chi connectivity index (χ2n) is 11.2. The van der Waals surface area contributed by atoms with Crippen molar-refractivity contribution < 1.29 is 0 Å². The fourth-order valence-corrected chi connectivity index (χ4v) is 6.70. The Kier molecular flexibility index (Phi) is 8.15. The fourth-order valence-electron chi connectivity index (χ4n) is 6.70. The van der Waals surface area contributed by atoms with Gasteiger partial charge in [0.25, 0.3) is 0 Å². The van der Waals surface area contributed by atoms with Crippen LogP contribution in [0.3, 0.4) is 0 Å². The van der Waals surface area contributed by atoms with E-state index >= 15 is 0 Å². The number of anilines is 6. The van der Waals surface area contributed by atoms with Crippen molar-refractivity contribution in [1.29, 1.82) is 10.5 Å². The first-order chi connectivity index (χ1) is 23.8. The van der Waals surface area contributed by atoms with Crippen molar-refractivity contribution in [2.75, 3.05) is 9.80 Å². The van der Waals surface area contributed by atoms with E-state index in [2.05, 4.69) is 94.7 Å². The zero-order chi connectivity index (χ0) is 33.0. The van der Waals surface area contributed by atoms with Gasteiger partial charge in [-0.05, 0) is 82.2 Å². The molecule has 0 aromatic heterocycles. The molecule has 0 spiro atoms. The van der Waals surface area contributed by atoms with Crippen LogP contribution in [0, 0.1) is 22.7 Å². The molecule has 8 rings (SSSR count). The van der Waals surface area contributed by atoms with Crippen molar-refractivity contribution in [2.24, 2.45) is 0 Å². The molecular formula is C44H32N4. The molecule has 0 aliphatic rings. The molecular weight excluding hydrogens is 585 g/mol. The summed E-state index contributed by atoms with van der Waals surface area (Å²) in [5.41, 5.74) is 6.70. The van der Waals surface area contributed by atoms with Crippen LogP contribution in [-0.4, -0.2) is 0 Å². The standard InChI is InChI=1S/C42H26N4.C2H6/c43-27-31-25-29-22-24-38-40-30(26-32(28-44)42(38)46(35-17-9-3-10-18-35)36-19-11-4-12-20-36)21-23-37(39(29)40)41(31)45(33-13-5-1-6-14-33)34-15-7-2-8-16-34;1-2/h1-26H;1-2H3. The molecule has 48 heavy (non-hydrogen) atoms. The Labute approximate surface area is 280 Å². The molecule has 0 atom stereocenters. The zero-order valence-corrected chi connectivity index (χ0v) is 26.8. The molecule has 0 amide bonds. The van der Waals surface area contributed by atoms with E-state index in [4.69, 9.17) is 0 Å². The van der Waals surface area contributed by atoms with Gasteiger partial charge in [0.05, 0.1) is 22.5 Å². The van der Waals surface area contributed by atoms with Crippen LogP contribution in [0.2, 0.25) is 0 Å². The van der Waals surface area contributed by atoms with Gasteiger partial charge in [0.2, 0.25) is 0 Å². The van der Waals surface area contributed by atoms with Crippen molar-refractivity contribution in [3.63, 3.8) is 0 Å². The van der Waals surface area contributed by atoms with Gasteiger partial charge in [-0.1, -0.05) is 111 Å². The topological polar surface area (TPSA) is 54.1 Å². The summed E-state index contributed by atoms with van der Waals surface area (Å²) in [5, 5.41) is 27.2. The molecule has 4 nitrogen and oxygen atoms in total. The average Bonchev–Trinajstić information content (AvgIpc) is 3.17. The maximum absolute atomic E-state index is 10.6. The first kappa shape index (κ1) is 30.1. The summed E-state index contributed by atoms with van der Waals surface area (Å²) in [6, 6.07) is 58.1. The highest BCUT2D eigenvalue weighted by Crippen LogP contribution is 2.49. The second kappa shape index (κ2) is 13.0. The van der Waals surface area contributed by atoms with Crippen LogP contribution < -0.4 is 9.80 Å². The Balaban J connectivity index is 0.00000179. The molecule has 0 saturated heterocycles. The number of rotatable bonds is 6. The summed E-state index contributed by atoms with van der Waals surface area (Å²) in [6.45, 7) is 4.00. The van der Waals surface area contributed by atoms with Crippen LogP contribution in [0.5, 0.6) is 0 Å². The summed E-state index contributed by atoms with van der Waals surface area (Å²) < 4.78 is 0. The Morgan fingerprint density at radius 3 is 0.958 bits per heavy atom. The number of benzene rings is 8. The van der Waals surface area contributed by atoms with Crippen molar-refractivity contribution in [1.82, 2.24) is 0 Å². The third-order valence-electron chi connectivity index (χ3n) is 8.59. The summed E-state index contributed by atoms with van der Waals surface area (Å²) >= 11 is 0. The predicted octanol–water partition coefficient (Wildman–Crippen LogP) is 12.3. The van der Waals surface area contributed by atoms with Gasteiger partial charge in [0, 0.05) is 33.5 Å². The fraction of sp³-hybridized carbons (Fsp3) is 0.0455. The molecule has 8 aromatic rings. The summed E-state index contributed by atoms with van der Waals surface area (Å²) in [4.78, 5) is 4.35. The highest BCUT2D eigenvalue weighted by molar-refractivity contribution is 6.29. The molecule has 0 N–H and O–H groups in total. The minimum absolute atomic E-state index is 0.590. The molecule has 0 aliphatic carbocycles. The van der Waals surface area contributed by atoms with E-state index < -0.39 is 0 Å². The van der Waals surface area contributed by atoms with E-state index in [-0.39, 0.29) is 0 Å². The van der Waals surface area contributed by atoms with E-state index in [0.717, 1.165) is 66.4 Å². The van der Waals surface area contributed by atoms with Crippen molar-refractivity contribution in [3.05, 3.63) is 169 Å². The van der Waals surface area contributed by atoms with Gasteiger partial charge in [0.1, 0.15) is 12.1 Å². The van der Waals surface area contributed by atoms with Crippen LogP contribution in [0.1, 0.15) is 25.0 Å². The monoisotopic (exact) mass is 616 g/mol. The lowest BCUT2D eigenvalue weighted by Gasteiger charge is -2.30. The van der Waals surface area contributed by atoms with Gasteiger partial charge in [-0.15, -0.1) is 0 Å². The van der Waals surface area contributed by atoms with E-state index in [9.17, 15) is 10.5 Å². The first-order valence-electron chi connectivity index (χ1n) is 16.2. The number of nitrogens with zero attached hydrogens (tertiary/aromatic N) is 4. The maximum atomic E-state index is 10.6. The van der Waals surface area contributed by atoms with Crippen LogP contribution in [-0.2, 0) is 0 Å². The zero-order valence-electron chi connectivity index (χ0n) is 26.8. The molecule has 0 saturated carbocycles. The van der Waals surface area contributed by atoms with Crippen LogP contribution >= 0.6 is 0 Å². The smallest absolute Gasteiger partial charge is 0.101 e. The van der Waals surface area contributed by atoms with Gasteiger partial charge in [-0.25, -0.2) is 0 Å².